The molecule has 7 heteroatoms. The fraction of sp³-hybridized carbons (Fsp3) is 0.400. The van der Waals surface area contributed by atoms with Crippen LogP contribution in [0.4, 0.5) is 0 Å². The lowest BCUT2D eigenvalue weighted by Gasteiger charge is -2.21. The Morgan fingerprint density at radius 3 is 2.73 bits per heavy atom. The number of halogens is 1. The summed E-state index contributed by atoms with van der Waals surface area (Å²) in [6, 6.07) is 7.12. The normalized spacial score (nSPS) is 17.9. The maximum absolute atomic E-state index is 12.9. The van der Waals surface area contributed by atoms with E-state index < -0.39 is 10.0 Å². The van der Waals surface area contributed by atoms with Crippen LogP contribution in [0.25, 0.3) is 10.8 Å². The minimum absolute atomic E-state index is 0. The van der Waals surface area contributed by atoms with Gasteiger partial charge >= 0.3 is 0 Å². The summed E-state index contributed by atoms with van der Waals surface area (Å²) in [7, 11) is -1.43. The van der Waals surface area contributed by atoms with Gasteiger partial charge in [-0.2, -0.15) is 4.31 Å². The molecule has 5 nitrogen and oxygen atoms in total. The molecule has 2 aromatic rings. The fourth-order valence-corrected chi connectivity index (χ4v) is 4.40. The number of rotatable bonds is 2. The molecule has 0 radical (unpaired) electrons. The molecule has 2 heterocycles. The first-order chi connectivity index (χ1) is 10.1. The van der Waals surface area contributed by atoms with Crippen molar-refractivity contribution < 1.29 is 8.42 Å². The van der Waals surface area contributed by atoms with E-state index in [9.17, 15) is 8.42 Å². The van der Waals surface area contributed by atoms with Gasteiger partial charge < -0.3 is 4.90 Å². The van der Waals surface area contributed by atoms with Gasteiger partial charge in [-0.15, -0.1) is 12.4 Å². The molecule has 0 unspecified atom stereocenters. The third kappa shape index (κ3) is 3.25. The molecule has 1 aliphatic heterocycles. The lowest BCUT2D eigenvalue weighted by Crippen LogP contribution is -2.34. The van der Waals surface area contributed by atoms with Gasteiger partial charge in [0.15, 0.2) is 0 Å². The number of sulfonamides is 1. The highest BCUT2D eigenvalue weighted by Gasteiger charge is 2.27. The number of likely N-dealkylation sites (N-methyl/N-ethyl adjacent to an activating group) is 1. The van der Waals surface area contributed by atoms with Crippen molar-refractivity contribution in [3.8, 4) is 0 Å². The van der Waals surface area contributed by atoms with Crippen molar-refractivity contribution in [3.05, 3.63) is 36.7 Å². The van der Waals surface area contributed by atoms with Crippen molar-refractivity contribution in [1.82, 2.24) is 14.2 Å². The van der Waals surface area contributed by atoms with Crippen molar-refractivity contribution >= 4 is 33.2 Å². The van der Waals surface area contributed by atoms with Gasteiger partial charge in [0.2, 0.25) is 10.0 Å². The summed E-state index contributed by atoms with van der Waals surface area (Å²) in [6.45, 7) is 2.82. The number of pyridine rings is 1. The summed E-state index contributed by atoms with van der Waals surface area (Å²) in [6.07, 6.45) is 4.20. The highest BCUT2D eigenvalue weighted by Crippen LogP contribution is 2.25. The fourth-order valence-electron chi connectivity index (χ4n) is 2.72. The molecular formula is C15H20ClN3O2S. The van der Waals surface area contributed by atoms with Crippen LogP contribution in [0, 0.1) is 0 Å². The Hall–Kier alpha value is -1.21. The predicted octanol–water partition coefficient (Wildman–Crippen LogP) is 1.98. The number of aromatic nitrogens is 1. The molecule has 0 spiro atoms. The maximum Gasteiger partial charge on any atom is 0.243 e. The van der Waals surface area contributed by atoms with Gasteiger partial charge in [0.05, 0.1) is 4.90 Å². The van der Waals surface area contributed by atoms with E-state index in [0.717, 1.165) is 30.3 Å². The maximum atomic E-state index is 12.9. The number of nitrogens with zero attached hydrogens (tertiary/aromatic N) is 3. The van der Waals surface area contributed by atoms with Crippen LogP contribution in [0.15, 0.2) is 41.6 Å². The Bertz CT molecular complexity index is 746. The molecule has 1 fully saturated rings. The van der Waals surface area contributed by atoms with Crippen LogP contribution in [-0.4, -0.2) is 55.8 Å². The Kier molecular flexibility index (Phi) is 5.39. The third-order valence-corrected chi connectivity index (χ3v) is 5.89. The molecule has 1 aromatic heterocycles. The van der Waals surface area contributed by atoms with E-state index in [-0.39, 0.29) is 12.4 Å². The molecule has 0 aliphatic carbocycles. The topological polar surface area (TPSA) is 53.5 Å². The lowest BCUT2D eigenvalue weighted by molar-refractivity contribution is 0.347. The minimum atomic E-state index is -3.46. The van der Waals surface area contributed by atoms with Crippen LogP contribution in [0.1, 0.15) is 6.42 Å². The van der Waals surface area contributed by atoms with Gasteiger partial charge in [0, 0.05) is 42.8 Å². The summed E-state index contributed by atoms with van der Waals surface area (Å²) in [5.74, 6) is 0. The van der Waals surface area contributed by atoms with Gasteiger partial charge in [-0.05, 0) is 32.1 Å². The van der Waals surface area contributed by atoms with Gasteiger partial charge in [0.25, 0.3) is 0 Å². The lowest BCUT2D eigenvalue weighted by atomic mass is 10.2. The zero-order chi connectivity index (χ0) is 14.9. The summed E-state index contributed by atoms with van der Waals surface area (Å²) in [5.41, 5.74) is 0. The molecule has 0 atom stereocenters. The van der Waals surface area contributed by atoms with E-state index in [4.69, 9.17) is 0 Å². The average Bonchev–Trinajstić information content (AvgIpc) is 2.72. The highest BCUT2D eigenvalue weighted by molar-refractivity contribution is 7.89. The van der Waals surface area contributed by atoms with Crippen molar-refractivity contribution in [2.75, 3.05) is 33.2 Å². The SMILES string of the molecule is CN1CCCN(S(=O)(=O)c2cccc3cnccc23)CC1.Cl. The second kappa shape index (κ2) is 6.91. The second-order valence-electron chi connectivity index (χ2n) is 5.41. The first-order valence-corrected chi connectivity index (χ1v) is 8.54. The Balaban J connectivity index is 0.00000176. The zero-order valence-corrected chi connectivity index (χ0v) is 14.1. The van der Waals surface area contributed by atoms with E-state index in [0.29, 0.717) is 18.0 Å². The number of hydrogen-bond acceptors (Lipinski definition) is 4. The highest BCUT2D eigenvalue weighted by atomic mass is 35.5. The molecule has 120 valence electrons. The van der Waals surface area contributed by atoms with Gasteiger partial charge in [-0.1, -0.05) is 12.1 Å². The molecule has 0 saturated carbocycles. The molecule has 3 rings (SSSR count). The Morgan fingerprint density at radius 1 is 1.09 bits per heavy atom. The average molecular weight is 342 g/mol. The van der Waals surface area contributed by atoms with Crippen LogP contribution in [-0.2, 0) is 10.0 Å². The van der Waals surface area contributed by atoms with E-state index in [1.54, 1.807) is 34.9 Å². The van der Waals surface area contributed by atoms with Crippen LogP contribution in [0.3, 0.4) is 0 Å². The van der Waals surface area contributed by atoms with Gasteiger partial charge in [-0.3, -0.25) is 4.98 Å². The quantitative estimate of drug-likeness (QED) is 0.838. The monoisotopic (exact) mass is 341 g/mol. The van der Waals surface area contributed by atoms with Crippen molar-refractivity contribution in [1.29, 1.82) is 0 Å². The van der Waals surface area contributed by atoms with E-state index in [1.807, 2.05) is 13.1 Å². The number of benzene rings is 1. The molecule has 0 N–H and O–H groups in total. The smallest absolute Gasteiger partial charge is 0.243 e. The first kappa shape index (κ1) is 17.1. The number of hydrogen-bond donors (Lipinski definition) is 0. The molecular weight excluding hydrogens is 322 g/mol. The Morgan fingerprint density at radius 2 is 1.91 bits per heavy atom. The standard InChI is InChI=1S/C15H19N3O2S.ClH/c1-17-8-3-9-18(11-10-17)21(19,20)15-5-2-4-13-12-16-7-6-14(13)15;/h2,4-7,12H,3,8-11H2,1H3;1H. The van der Waals surface area contributed by atoms with Crippen LogP contribution >= 0.6 is 12.4 Å². The third-order valence-electron chi connectivity index (χ3n) is 3.94. The van der Waals surface area contributed by atoms with E-state index in [1.165, 1.54) is 0 Å². The number of fused-ring (bicyclic) bond motifs is 1. The molecule has 1 saturated heterocycles. The summed E-state index contributed by atoms with van der Waals surface area (Å²) in [4.78, 5) is 6.61. The zero-order valence-electron chi connectivity index (χ0n) is 12.5. The van der Waals surface area contributed by atoms with Crippen LogP contribution < -0.4 is 0 Å². The predicted molar refractivity (Wildman–Crippen MR) is 89.9 cm³/mol. The van der Waals surface area contributed by atoms with E-state index in [2.05, 4.69) is 9.88 Å². The summed E-state index contributed by atoms with van der Waals surface area (Å²) >= 11 is 0. The second-order valence-corrected chi connectivity index (χ2v) is 7.32. The summed E-state index contributed by atoms with van der Waals surface area (Å²) < 4.78 is 27.5. The van der Waals surface area contributed by atoms with Gasteiger partial charge in [-0.25, -0.2) is 8.42 Å². The van der Waals surface area contributed by atoms with Crippen molar-refractivity contribution in [2.24, 2.45) is 0 Å². The van der Waals surface area contributed by atoms with Crippen LogP contribution in [0.5, 0.6) is 0 Å². The van der Waals surface area contributed by atoms with Gasteiger partial charge in [0.1, 0.15) is 0 Å². The Labute approximate surface area is 137 Å². The van der Waals surface area contributed by atoms with Crippen molar-refractivity contribution in [3.63, 3.8) is 0 Å². The molecule has 22 heavy (non-hydrogen) atoms. The first-order valence-electron chi connectivity index (χ1n) is 7.10. The van der Waals surface area contributed by atoms with Crippen molar-refractivity contribution in [2.45, 2.75) is 11.3 Å². The molecule has 0 bridgehead atoms. The van der Waals surface area contributed by atoms with Crippen LogP contribution in [0.2, 0.25) is 0 Å². The van der Waals surface area contributed by atoms with E-state index >= 15 is 0 Å². The minimum Gasteiger partial charge on any atom is -0.305 e. The molecule has 1 aliphatic rings. The summed E-state index contributed by atoms with van der Waals surface area (Å²) in [5, 5.41) is 1.59. The molecule has 1 aromatic carbocycles. The molecule has 0 amide bonds. The largest absolute Gasteiger partial charge is 0.305 e.